The number of hydrogen-bond donors (Lipinski definition) is 0. The topological polar surface area (TPSA) is 52.2 Å². The normalized spacial score (nSPS) is 12.1. The van der Waals surface area contributed by atoms with E-state index in [2.05, 4.69) is 31.0 Å². The number of carbonyl (C=O) groups excluding carboxylic acids is 1. The average molecular weight is 351 g/mol. The average Bonchev–Trinajstić information content (AvgIpc) is 2.94. The van der Waals surface area contributed by atoms with Gasteiger partial charge in [0.05, 0.1) is 10.7 Å². The molecule has 7 heteroatoms. The Labute approximate surface area is 143 Å². The summed E-state index contributed by atoms with van der Waals surface area (Å²) in [5.41, 5.74) is 1.98. The van der Waals surface area contributed by atoms with Crippen LogP contribution in [0.1, 0.15) is 38.2 Å². The van der Waals surface area contributed by atoms with Crippen molar-refractivity contribution in [2.75, 3.05) is 0 Å². The lowest BCUT2D eigenvalue weighted by molar-refractivity contribution is 0.0942. The van der Waals surface area contributed by atoms with Crippen LogP contribution in [0.4, 0.5) is 0 Å². The summed E-state index contributed by atoms with van der Waals surface area (Å²) < 4.78 is 2.99. The predicted octanol–water partition coefficient (Wildman–Crippen LogP) is 4.46. The molecule has 0 amide bonds. The molecule has 120 valence electrons. The maximum atomic E-state index is 12.2. The maximum Gasteiger partial charge on any atom is 0.230 e. The number of carbonyl (C=O) groups is 1. The molecule has 0 fully saturated rings. The lowest BCUT2D eigenvalue weighted by Gasteiger charge is -2.13. The van der Waals surface area contributed by atoms with Gasteiger partial charge in [0.15, 0.2) is 11.5 Å². The third-order valence-corrected chi connectivity index (χ3v) is 4.11. The van der Waals surface area contributed by atoms with Crippen LogP contribution < -0.4 is 0 Å². The highest BCUT2D eigenvalue weighted by Gasteiger charge is 2.24. The van der Waals surface area contributed by atoms with Crippen molar-refractivity contribution in [2.45, 2.75) is 33.1 Å². The van der Waals surface area contributed by atoms with E-state index in [0.29, 0.717) is 27.1 Å². The van der Waals surface area contributed by atoms with Gasteiger partial charge in [0.25, 0.3) is 0 Å². The van der Waals surface area contributed by atoms with Crippen molar-refractivity contribution in [2.24, 2.45) is 0 Å². The molecule has 1 aromatic carbocycles. The Hall–Kier alpha value is -1.85. The van der Waals surface area contributed by atoms with Crippen LogP contribution in [0.15, 0.2) is 24.3 Å². The molecule has 0 aliphatic rings. The van der Waals surface area contributed by atoms with Gasteiger partial charge in [-0.3, -0.25) is 4.79 Å². The van der Waals surface area contributed by atoms with Crippen molar-refractivity contribution >= 4 is 34.8 Å². The zero-order valence-corrected chi connectivity index (χ0v) is 14.8. The van der Waals surface area contributed by atoms with Crippen LogP contribution in [0.2, 0.25) is 10.0 Å². The molecular weight excluding hydrogens is 335 g/mol. The number of fused-ring (bicyclic) bond motifs is 1. The molecule has 0 N–H and O–H groups in total. The van der Waals surface area contributed by atoms with Gasteiger partial charge in [-0.2, -0.15) is 5.10 Å². The first-order valence-corrected chi connectivity index (χ1v) is 7.90. The van der Waals surface area contributed by atoms with Crippen LogP contribution >= 0.6 is 23.2 Å². The molecule has 0 saturated carbocycles. The second kappa shape index (κ2) is 5.35. The summed E-state index contributed by atoms with van der Waals surface area (Å²) in [7, 11) is 0. The summed E-state index contributed by atoms with van der Waals surface area (Å²) >= 11 is 12.2. The molecule has 2 heterocycles. The smallest absolute Gasteiger partial charge is 0.230 e. The first-order valence-electron chi connectivity index (χ1n) is 7.14. The minimum absolute atomic E-state index is 0.132. The number of aromatic nitrogens is 4. The first-order chi connectivity index (χ1) is 10.7. The highest BCUT2D eigenvalue weighted by molar-refractivity contribution is 6.36. The van der Waals surface area contributed by atoms with E-state index in [1.54, 1.807) is 18.2 Å². The van der Waals surface area contributed by atoms with E-state index < -0.39 is 0 Å². The zero-order valence-electron chi connectivity index (χ0n) is 13.3. The van der Waals surface area contributed by atoms with Crippen molar-refractivity contribution in [3.63, 3.8) is 0 Å². The molecule has 0 unspecified atom stereocenters. The summed E-state index contributed by atoms with van der Waals surface area (Å²) in [5.74, 6) is 0.288. The first kappa shape index (κ1) is 16.0. The standard InChI is InChI=1S/C16H16Cl2N4O/c1-9(23)21-14-8-13(16(2,3)4)19-22(14)20-15(21)11-6-5-10(17)7-12(11)18/h5-8H,1-4H3. The van der Waals surface area contributed by atoms with Crippen molar-refractivity contribution < 1.29 is 4.79 Å². The van der Waals surface area contributed by atoms with Gasteiger partial charge in [-0.05, 0) is 18.2 Å². The van der Waals surface area contributed by atoms with E-state index >= 15 is 0 Å². The second-order valence-corrected chi connectivity index (χ2v) is 7.27. The van der Waals surface area contributed by atoms with E-state index in [0.717, 1.165) is 5.69 Å². The van der Waals surface area contributed by atoms with E-state index in [1.807, 2.05) is 6.07 Å². The Kier molecular flexibility index (Phi) is 3.73. The van der Waals surface area contributed by atoms with Crippen LogP contribution in [-0.4, -0.2) is 25.3 Å². The molecule has 3 aromatic rings. The van der Waals surface area contributed by atoms with Gasteiger partial charge in [0.2, 0.25) is 5.91 Å². The quantitative estimate of drug-likeness (QED) is 0.650. The molecule has 23 heavy (non-hydrogen) atoms. The minimum atomic E-state index is -0.158. The third kappa shape index (κ3) is 2.75. The van der Waals surface area contributed by atoms with Gasteiger partial charge in [0, 0.05) is 29.0 Å². The fourth-order valence-corrected chi connectivity index (χ4v) is 2.85. The van der Waals surface area contributed by atoms with Gasteiger partial charge < -0.3 is 0 Å². The van der Waals surface area contributed by atoms with Crippen molar-refractivity contribution in [1.29, 1.82) is 0 Å². The SMILES string of the molecule is CC(=O)n1c(-c2ccc(Cl)cc2Cl)nn2nc(C(C)(C)C)cc12. The van der Waals surface area contributed by atoms with Crippen molar-refractivity contribution in [3.8, 4) is 11.4 Å². The maximum absolute atomic E-state index is 12.2. The summed E-state index contributed by atoms with van der Waals surface area (Å²) in [6, 6.07) is 6.96. The molecule has 0 saturated heterocycles. The van der Waals surface area contributed by atoms with Crippen LogP contribution in [0.25, 0.3) is 17.0 Å². The Balaban J connectivity index is 2.28. The van der Waals surface area contributed by atoms with E-state index in [-0.39, 0.29) is 11.3 Å². The number of benzene rings is 1. The van der Waals surface area contributed by atoms with Crippen molar-refractivity contribution in [1.82, 2.24) is 19.4 Å². The number of nitrogens with zero attached hydrogens (tertiary/aromatic N) is 4. The Bertz CT molecular complexity index is 918. The van der Waals surface area contributed by atoms with Gasteiger partial charge in [-0.25, -0.2) is 4.57 Å². The summed E-state index contributed by atoms with van der Waals surface area (Å²) in [6.45, 7) is 7.66. The second-order valence-electron chi connectivity index (χ2n) is 6.43. The van der Waals surface area contributed by atoms with Crippen molar-refractivity contribution in [3.05, 3.63) is 40.0 Å². The predicted molar refractivity (Wildman–Crippen MR) is 91.4 cm³/mol. The summed E-state index contributed by atoms with van der Waals surface area (Å²) in [5, 5.41) is 9.89. The van der Waals surface area contributed by atoms with E-state index in [9.17, 15) is 4.79 Å². The largest absolute Gasteiger partial charge is 0.274 e. The molecule has 5 nitrogen and oxygen atoms in total. The highest BCUT2D eigenvalue weighted by atomic mass is 35.5. The lowest BCUT2D eigenvalue weighted by atomic mass is 9.93. The van der Waals surface area contributed by atoms with E-state index in [4.69, 9.17) is 23.2 Å². The van der Waals surface area contributed by atoms with Crippen LogP contribution in [-0.2, 0) is 5.41 Å². The molecule has 0 bridgehead atoms. The molecule has 0 radical (unpaired) electrons. The number of rotatable bonds is 1. The van der Waals surface area contributed by atoms with Gasteiger partial charge in [0.1, 0.15) is 0 Å². The van der Waals surface area contributed by atoms with Crippen LogP contribution in [0.3, 0.4) is 0 Å². The Morgan fingerprint density at radius 3 is 2.39 bits per heavy atom. The monoisotopic (exact) mass is 350 g/mol. The number of hydrogen-bond acceptors (Lipinski definition) is 3. The highest BCUT2D eigenvalue weighted by Crippen LogP contribution is 2.31. The summed E-state index contributed by atoms with van der Waals surface area (Å²) in [4.78, 5) is 12.2. The van der Waals surface area contributed by atoms with Gasteiger partial charge in [-0.1, -0.05) is 44.0 Å². The molecule has 0 aliphatic carbocycles. The van der Waals surface area contributed by atoms with E-state index in [1.165, 1.54) is 16.1 Å². The lowest BCUT2D eigenvalue weighted by Crippen LogP contribution is -2.12. The fourth-order valence-electron chi connectivity index (χ4n) is 2.35. The zero-order chi connectivity index (χ0) is 16.9. The van der Waals surface area contributed by atoms with Crippen LogP contribution in [0.5, 0.6) is 0 Å². The molecule has 2 aromatic heterocycles. The summed E-state index contributed by atoms with van der Waals surface area (Å²) in [6.07, 6.45) is 0. The van der Waals surface area contributed by atoms with Gasteiger partial charge >= 0.3 is 0 Å². The molecule has 0 spiro atoms. The molecule has 3 rings (SSSR count). The molecular formula is C16H16Cl2N4O. The molecule has 0 atom stereocenters. The minimum Gasteiger partial charge on any atom is -0.274 e. The Morgan fingerprint density at radius 1 is 1.13 bits per heavy atom. The Morgan fingerprint density at radius 2 is 1.83 bits per heavy atom. The number of halogens is 2. The fraction of sp³-hybridized carbons (Fsp3) is 0.312. The molecule has 0 aliphatic heterocycles. The van der Waals surface area contributed by atoms with Gasteiger partial charge in [-0.15, -0.1) is 9.73 Å². The van der Waals surface area contributed by atoms with Crippen LogP contribution in [0, 0.1) is 0 Å². The third-order valence-electron chi connectivity index (χ3n) is 3.56.